The van der Waals surface area contributed by atoms with Crippen molar-refractivity contribution in [2.45, 2.75) is 13.1 Å². The zero-order chi connectivity index (χ0) is 19.2. The van der Waals surface area contributed by atoms with E-state index in [1.807, 2.05) is 62.6 Å². The quantitative estimate of drug-likeness (QED) is 0.690. The Balaban J connectivity index is 1.82. The first kappa shape index (κ1) is 19.1. The number of benzene rings is 2. The Kier molecular flexibility index (Phi) is 6.22. The molecule has 0 aliphatic carbocycles. The van der Waals surface area contributed by atoms with Crippen LogP contribution in [0.1, 0.15) is 21.6 Å². The number of hydrogen-bond acceptors (Lipinski definition) is 3. The van der Waals surface area contributed by atoms with Crippen LogP contribution in [-0.2, 0) is 13.1 Å². The highest BCUT2D eigenvalue weighted by atomic mass is 35.5. The van der Waals surface area contributed by atoms with Gasteiger partial charge in [-0.15, -0.1) is 0 Å². The molecule has 27 heavy (non-hydrogen) atoms. The zero-order valence-corrected chi connectivity index (χ0v) is 16.2. The van der Waals surface area contributed by atoms with Crippen LogP contribution in [0.5, 0.6) is 0 Å². The number of halogens is 1. The van der Waals surface area contributed by atoms with E-state index in [0.29, 0.717) is 17.3 Å². The second-order valence-corrected chi connectivity index (χ2v) is 7.09. The van der Waals surface area contributed by atoms with Crippen LogP contribution in [0.25, 0.3) is 11.1 Å². The van der Waals surface area contributed by atoms with Gasteiger partial charge in [0.2, 0.25) is 0 Å². The molecule has 0 bridgehead atoms. The van der Waals surface area contributed by atoms with Gasteiger partial charge in [0.25, 0.3) is 5.91 Å². The molecule has 1 N–H and O–H groups in total. The molecule has 0 fully saturated rings. The van der Waals surface area contributed by atoms with Gasteiger partial charge in [-0.05, 0) is 55.1 Å². The fourth-order valence-electron chi connectivity index (χ4n) is 2.93. The fourth-order valence-corrected chi connectivity index (χ4v) is 3.15. The highest BCUT2D eigenvalue weighted by Gasteiger charge is 2.14. The number of pyridine rings is 1. The summed E-state index contributed by atoms with van der Waals surface area (Å²) in [4.78, 5) is 19.2. The van der Waals surface area contributed by atoms with E-state index in [1.165, 1.54) is 5.56 Å². The Bertz CT molecular complexity index is 940. The van der Waals surface area contributed by atoms with Crippen molar-refractivity contribution >= 4 is 17.5 Å². The van der Waals surface area contributed by atoms with Gasteiger partial charge in [-0.3, -0.25) is 9.78 Å². The van der Waals surface area contributed by atoms with Crippen molar-refractivity contribution in [3.63, 3.8) is 0 Å². The lowest BCUT2D eigenvalue weighted by molar-refractivity contribution is 0.0946. The molecule has 138 valence electrons. The smallest absolute Gasteiger partial charge is 0.270 e. The van der Waals surface area contributed by atoms with Crippen molar-refractivity contribution in [2.75, 3.05) is 14.1 Å². The van der Waals surface area contributed by atoms with Gasteiger partial charge in [-0.25, -0.2) is 0 Å². The average molecular weight is 380 g/mol. The number of carbonyl (C=O) groups is 1. The Labute approximate surface area is 164 Å². The number of hydrogen-bond donors (Lipinski definition) is 1. The molecule has 2 aromatic carbocycles. The fraction of sp³-hybridized carbons (Fsp3) is 0.182. The van der Waals surface area contributed by atoms with Gasteiger partial charge in [0.05, 0.1) is 0 Å². The van der Waals surface area contributed by atoms with Crippen molar-refractivity contribution in [3.8, 4) is 11.1 Å². The molecule has 1 amide bonds. The molecule has 0 spiro atoms. The second kappa shape index (κ2) is 8.80. The van der Waals surface area contributed by atoms with E-state index in [-0.39, 0.29) is 5.91 Å². The Morgan fingerprint density at radius 3 is 2.59 bits per heavy atom. The van der Waals surface area contributed by atoms with Crippen LogP contribution in [0.3, 0.4) is 0 Å². The maximum Gasteiger partial charge on any atom is 0.270 e. The average Bonchev–Trinajstić information content (AvgIpc) is 2.66. The summed E-state index contributed by atoms with van der Waals surface area (Å²) in [6, 6.07) is 19.4. The second-order valence-electron chi connectivity index (χ2n) is 6.65. The first-order chi connectivity index (χ1) is 13.0. The molecule has 0 saturated carbocycles. The van der Waals surface area contributed by atoms with Gasteiger partial charge in [0.1, 0.15) is 5.69 Å². The van der Waals surface area contributed by atoms with Crippen LogP contribution in [0.4, 0.5) is 0 Å². The maximum absolute atomic E-state index is 12.7. The standard InChI is InChI=1S/C22H22ClN3O/c1-26(2)15-17-7-3-8-18(12-17)20-10-5-11-24-21(20)22(27)25-14-16-6-4-9-19(23)13-16/h3-13H,14-15H2,1-2H3,(H,25,27). The summed E-state index contributed by atoms with van der Waals surface area (Å²) in [7, 11) is 4.07. The maximum atomic E-state index is 12.7. The number of nitrogens with one attached hydrogen (secondary N) is 1. The van der Waals surface area contributed by atoms with Gasteiger partial charge < -0.3 is 10.2 Å². The van der Waals surface area contributed by atoms with Crippen LogP contribution in [0.15, 0.2) is 66.9 Å². The minimum absolute atomic E-state index is 0.205. The van der Waals surface area contributed by atoms with Crippen LogP contribution in [0, 0.1) is 0 Å². The topological polar surface area (TPSA) is 45.2 Å². The number of aromatic nitrogens is 1. The van der Waals surface area contributed by atoms with Crippen LogP contribution in [0.2, 0.25) is 5.02 Å². The highest BCUT2D eigenvalue weighted by Crippen LogP contribution is 2.24. The molecule has 3 aromatic rings. The molecule has 0 atom stereocenters. The first-order valence-electron chi connectivity index (χ1n) is 8.74. The van der Waals surface area contributed by atoms with Crippen molar-refractivity contribution in [1.82, 2.24) is 15.2 Å². The molecule has 0 aliphatic heterocycles. The molecule has 1 aromatic heterocycles. The predicted molar refractivity (Wildman–Crippen MR) is 110 cm³/mol. The van der Waals surface area contributed by atoms with Gasteiger partial charge in [-0.2, -0.15) is 0 Å². The summed E-state index contributed by atoms with van der Waals surface area (Å²) >= 11 is 6.00. The molecule has 5 heteroatoms. The summed E-state index contributed by atoms with van der Waals surface area (Å²) in [5, 5.41) is 3.58. The summed E-state index contributed by atoms with van der Waals surface area (Å²) in [6.07, 6.45) is 1.64. The Morgan fingerprint density at radius 1 is 1.04 bits per heavy atom. The van der Waals surface area contributed by atoms with Crippen LogP contribution in [-0.4, -0.2) is 29.9 Å². The summed E-state index contributed by atoms with van der Waals surface area (Å²) in [5.74, 6) is -0.205. The minimum Gasteiger partial charge on any atom is -0.347 e. The summed E-state index contributed by atoms with van der Waals surface area (Å²) in [5.41, 5.74) is 4.35. The zero-order valence-electron chi connectivity index (χ0n) is 15.4. The van der Waals surface area contributed by atoms with Crippen LogP contribution >= 0.6 is 11.6 Å². The predicted octanol–water partition coefficient (Wildman–Crippen LogP) is 4.39. The molecule has 0 radical (unpaired) electrons. The van der Waals surface area contributed by atoms with Gasteiger partial charge in [-0.1, -0.05) is 48.0 Å². The van der Waals surface area contributed by atoms with E-state index < -0.39 is 0 Å². The highest BCUT2D eigenvalue weighted by molar-refractivity contribution is 6.30. The third kappa shape index (κ3) is 5.16. The number of nitrogens with zero attached hydrogens (tertiary/aromatic N) is 2. The van der Waals surface area contributed by atoms with E-state index in [4.69, 9.17) is 11.6 Å². The third-order valence-corrected chi connectivity index (χ3v) is 4.34. The van der Waals surface area contributed by atoms with Gasteiger partial charge in [0, 0.05) is 29.9 Å². The summed E-state index contributed by atoms with van der Waals surface area (Å²) < 4.78 is 0. The molecule has 4 nitrogen and oxygen atoms in total. The van der Waals surface area contributed by atoms with E-state index in [9.17, 15) is 4.79 Å². The summed E-state index contributed by atoms with van der Waals surface area (Å²) in [6.45, 7) is 1.24. The van der Waals surface area contributed by atoms with Gasteiger partial charge >= 0.3 is 0 Å². The Morgan fingerprint density at radius 2 is 1.81 bits per heavy atom. The number of amides is 1. The molecule has 3 rings (SSSR count). The van der Waals surface area contributed by atoms with Crippen molar-refractivity contribution in [3.05, 3.63) is 88.7 Å². The SMILES string of the molecule is CN(C)Cc1cccc(-c2cccnc2C(=O)NCc2cccc(Cl)c2)c1. The molecular weight excluding hydrogens is 358 g/mol. The van der Waals surface area contributed by atoms with E-state index in [2.05, 4.69) is 27.3 Å². The molecule has 1 heterocycles. The first-order valence-corrected chi connectivity index (χ1v) is 9.12. The molecule has 0 unspecified atom stereocenters. The van der Waals surface area contributed by atoms with E-state index >= 15 is 0 Å². The lowest BCUT2D eigenvalue weighted by Crippen LogP contribution is -2.24. The monoisotopic (exact) mass is 379 g/mol. The van der Waals surface area contributed by atoms with E-state index in [1.54, 1.807) is 6.20 Å². The number of rotatable bonds is 6. The van der Waals surface area contributed by atoms with E-state index in [0.717, 1.165) is 23.2 Å². The molecule has 0 saturated heterocycles. The molecule has 0 aliphatic rings. The van der Waals surface area contributed by atoms with Crippen LogP contribution < -0.4 is 5.32 Å². The Hall–Kier alpha value is -2.69. The largest absolute Gasteiger partial charge is 0.347 e. The minimum atomic E-state index is -0.205. The lowest BCUT2D eigenvalue weighted by Gasteiger charge is -2.13. The van der Waals surface area contributed by atoms with Gasteiger partial charge in [0.15, 0.2) is 0 Å². The van der Waals surface area contributed by atoms with Crippen molar-refractivity contribution in [2.24, 2.45) is 0 Å². The third-order valence-electron chi connectivity index (χ3n) is 4.10. The molecular formula is C22H22ClN3O. The number of carbonyl (C=O) groups excluding carboxylic acids is 1. The van der Waals surface area contributed by atoms with Crippen molar-refractivity contribution < 1.29 is 4.79 Å². The normalized spacial score (nSPS) is 10.8. The van der Waals surface area contributed by atoms with Crippen molar-refractivity contribution in [1.29, 1.82) is 0 Å². The lowest BCUT2D eigenvalue weighted by atomic mass is 10.0.